The van der Waals surface area contributed by atoms with Crippen molar-refractivity contribution in [2.24, 2.45) is 0 Å². The molecule has 1 aromatic heterocycles. The van der Waals surface area contributed by atoms with Crippen LogP contribution in [0.1, 0.15) is 42.5 Å². The highest BCUT2D eigenvalue weighted by atomic mass is 16.5. The first kappa shape index (κ1) is 18.0. The Morgan fingerprint density at radius 3 is 2.54 bits per heavy atom. The van der Waals surface area contributed by atoms with E-state index in [9.17, 15) is 9.90 Å². The van der Waals surface area contributed by atoms with Crippen LogP contribution < -0.4 is 5.32 Å². The minimum atomic E-state index is -0.731. The third-order valence-electron chi connectivity index (χ3n) is 4.01. The van der Waals surface area contributed by atoms with Gasteiger partial charge in [0.05, 0.1) is 12.6 Å². The Morgan fingerprint density at radius 2 is 1.96 bits per heavy atom. The number of urea groups is 1. The summed E-state index contributed by atoms with van der Waals surface area (Å²) in [6.45, 7) is 8.30. The quantitative estimate of drug-likeness (QED) is 0.850. The van der Waals surface area contributed by atoms with E-state index in [4.69, 9.17) is 4.52 Å². The molecule has 2 amide bonds. The highest BCUT2D eigenvalue weighted by Crippen LogP contribution is 2.21. The molecule has 6 nitrogen and oxygen atoms in total. The van der Waals surface area contributed by atoms with Crippen molar-refractivity contribution < 1.29 is 14.4 Å². The molecule has 1 atom stereocenters. The third kappa shape index (κ3) is 4.14. The maximum atomic E-state index is 12.5. The van der Waals surface area contributed by atoms with Crippen molar-refractivity contribution in [3.05, 3.63) is 46.8 Å². The van der Waals surface area contributed by atoms with E-state index < -0.39 is 6.10 Å². The first-order valence-corrected chi connectivity index (χ1v) is 8.21. The van der Waals surface area contributed by atoms with Gasteiger partial charge in [-0.05, 0) is 26.3 Å². The van der Waals surface area contributed by atoms with Crippen molar-refractivity contribution in [1.29, 1.82) is 0 Å². The molecule has 0 bridgehead atoms. The van der Waals surface area contributed by atoms with Crippen molar-refractivity contribution in [2.75, 3.05) is 18.4 Å². The Morgan fingerprint density at radius 1 is 1.29 bits per heavy atom. The zero-order valence-electron chi connectivity index (χ0n) is 14.7. The van der Waals surface area contributed by atoms with Gasteiger partial charge in [-0.2, -0.15) is 0 Å². The van der Waals surface area contributed by atoms with Gasteiger partial charge in [-0.3, -0.25) is 0 Å². The van der Waals surface area contributed by atoms with E-state index in [-0.39, 0.29) is 12.6 Å². The van der Waals surface area contributed by atoms with Crippen molar-refractivity contribution in [3.63, 3.8) is 0 Å². The van der Waals surface area contributed by atoms with Crippen LogP contribution in [-0.2, 0) is 6.42 Å². The Bertz CT molecular complexity index is 679. The summed E-state index contributed by atoms with van der Waals surface area (Å²) in [5.74, 6) is 0.649. The number of aromatic nitrogens is 1. The molecule has 0 saturated carbocycles. The zero-order valence-corrected chi connectivity index (χ0v) is 14.7. The Balaban J connectivity index is 2.05. The number of benzene rings is 1. The summed E-state index contributed by atoms with van der Waals surface area (Å²) < 4.78 is 5.19. The number of aliphatic hydroxyl groups excluding tert-OH is 1. The van der Waals surface area contributed by atoms with Crippen molar-refractivity contribution in [3.8, 4) is 0 Å². The summed E-state index contributed by atoms with van der Waals surface area (Å²) >= 11 is 0. The molecule has 1 unspecified atom stereocenters. The average Bonchev–Trinajstić information content (AvgIpc) is 2.93. The van der Waals surface area contributed by atoms with Gasteiger partial charge in [-0.1, -0.05) is 41.9 Å². The molecule has 0 spiro atoms. The van der Waals surface area contributed by atoms with Gasteiger partial charge >= 0.3 is 6.03 Å². The van der Waals surface area contributed by atoms with Crippen LogP contribution in [-0.4, -0.2) is 34.3 Å². The number of aryl methyl sites for hydroxylation is 3. The Kier molecular flexibility index (Phi) is 5.98. The second-order valence-electron chi connectivity index (χ2n) is 5.81. The van der Waals surface area contributed by atoms with Crippen LogP contribution in [0.15, 0.2) is 28.8 Å². The number of anilines is 1. The first-order valence-electron chi connectivity index (χ1n) is 8.21. The maximum absolute atomic E-state index is 12.5. The number of rotatable bonds is 6. The summed E-state index contributed by atoms with van der Waals surface area (Å²) in [4.78, 5) is 14.1. The summed E-state index contributed by atoms with van der Waals surface area (Å²) in [7, 11) is 0. The summed E-state index contributed by atoms with van der Waals surface area (Å²) in [5, 5.41) is 17.1. The SMILES string of the molecule is CCc1onc(C)c1NC(=O)N(CC)CC(O)c1ccc(C)cc1. The molecule has 0 aliphatic carbocycles. The fraction of sp³-hybridized carbons (Fsp3) is 0.444. The zero-order chi connectivity index (χ0) is 17.7. The van der Waals surface area contributed by atoms with Gasteiger partial charge in [0.2, 0.25) is 0 Å². The van der Waals surface area contributed by atoms with E-state index in [1.807, 2.05) is 45.0 Å². The highest BCUT2D eigenvalue weighted by Gasteiger charge is 2.20. The number of hydrogen-bond donors (Lipinski definition) is 2. The minimum absolute atomic E-state index is 0.219. The Labute approximate surface area is 142 Å². The molecular formula is C18H25N3O3. The largest absolute Gasteiger partial charge is 0.387 e. The fourth-order valence-corrected chi connectivity index (χ4v) is 2.46. The molecule has 2 N–H and O–H groups in total. The molecule has 24 heavy (non-hydrogen) atoms. The number of likely N-dealkylation sites (N-methyl/N-ethyl adjacent to an activating group) is 1. The predicted molar refractivity (Wildman–Crippen MR) is 93.0 cm³/mol. The molecule has 0 fully saturated rings. The van der Waals surface area contributed by atoms with Gasteiger partial charge in [0.1, 0.15) is 11.4 Å². The standard InChI is InChI=1S/C18H25N3O3/c1-5-16-17(13(4)20-24-16)19-18(23)21(6-2)11-15(22)14-9-7-12(3)8-10-14/h7-10,15,22H,5-6,11H2,1-4H3,(H,19,23). The van der Waals surface area contributed by atoms with Crippen LogP contribution in [0.4, 0.5) is 10.5 Å². The van der Waals surface area contributed by atoms with Crippen LogP contribution in [0.5, 0.6) is 0 Å². The normalized spacial score (nSPS) is 12.0. The number of hydrogen-bond acceptors (Lipinski definition) is 4. The molecule has 2 aromatic rings. The molecular weight excluding hydrogens is 306 g/mol. The predicted octanol–water partition coefficient (Wildman–Crippen LogP) is 3.44. The summed E-state index contributed by atoms with van der Waals surface area (Å²) in [6.07, 6.45) is -0.0836. The number of nitrogens with one attached hydrogen (secondary N) is 1. The lowest BCUT2D eigenvalue weighted by Crippen LogP contribution is -2.38. The molecule has 130 valence electrons. The fourth-order valence-electron chi connectivity index (χ4n) is 2.46. The third-order valence-corrected chi connectivity index (χ3v) is 4.01. The van der Waals surface area contributed by atoms with Gasteiger partial charge in [-0.15, -0.1) is 0 Å². The number of aliphatic hydroxyl groups is 1. The number of nitrogens with zero attached hydrogens (tertiary/aromatic N) is 2. The smallest absolute Gasteiger partial charge is 0.322 e. The van der Waals surface area contributed by atoms with Crippen LogP contribution in [0.25, 0.3) is 0 Å². The second-order valence-corrected chi connectivity index (χ2v) is 5.81. The molecule has 0 saturated heterocycles. The van der Waals surface area contributed by atoms with Gasteiger partial charge in [0.15, 0.2) is 5.76 Å². The number of carbonyl (C=O) groups excluding carboxylic acids is 1. The lowest BCUT2D eigenvalue weighted by atomic mass is 10.1. The average molecular weight is 331 g/mol. The summed E-state index contributed by atoms with van der Waals surface area (Å²) in [5.41, 5.74) is 3.19. The van der Waals surface area contributed by atoms with E-state index in [1.54, 1.807) is 11.8 Å². The Hall–Kier alpha value is -2.34. The van der Waals surface area contributed by atoms with Crippen molar-refractivity contribution in [1.82, 2.24) is 10.1 Å². The van der Waals surface area contributed by atoms with Crippen molar-refractivity contribution in [2.45, 2.75) is 40.2 Å². The van der Waals surface area contributed by atoms with Crippen LogP contribution in [0.3, 0.4) is 0 Å². The van der Waals surface area contributed by atoms with Gasteiger partial charge in [0, 0.05) is 13.0 Å². The van der Waals surface area contributed by atoms with Crippen LogP contribution in [0, 0.1) is 13.8 Å². The van der Waals surface area contributed by atoms with Gasteiger partial charge < -0.3 is 19.8 Å². The van der Waals surface area contributed by atoms with Crippen molar-refractivity contribution >= 4 is 11.7 Å². The molecule has 2 rings (SSSR count). The van der Waals surface area contributed by atoms with E-state index in [0.717, 1.165) is 11.1 Å². The van der Waals surface area contributed by atoms with E-state index >= 15 is 0 Å². The van der Waals surface area contributed by atoms with Gasteiger partial charge in [-0.25, -0.2) is 4.79 Å². The molecule has 0 aliphatic heterocycles. The highest BCUT2D eigenvalue weighted by molar-refractivity contribution is 5.90. The molecule has 0 aliphatic rings. The van der Waals surface area contributed by atoms with E-state index in [2.05, 4.69) is 10.5 Å². The molecule has 0 radical (unpaired) electrons. The van der Waals surface area contributed by atoms with Gasteiger partial charge in [0.25, 0.3) is 0 Å². The van der Waals surface area contributed by atoms with Crippen LogP contribution in [0.2, 0.25) is 0 Å². The van der Waals surface area contributed by atoms with E-state index in [0.29, 0.717) is 30.1 Å². The van der Waals surface area contributed by atoms with Crippen LogP contribution >= 0.6 is 0 Å². The topological polar surface area (TPSA) is 78.6 Å². The first-order chi connectivity index (χ1) is 11.5. The van der Waals surface area contributed by atoms with E-state index in [1.165, 1.54) is 0 Å². The number of amides is 2. The maximum Gasteiger partial charge on any atom is 0.322 e. The molecule has 1 heterocycles. The number of carbonyl (C=O) groups is 1. The lowest BCUT2D eigenvalue weighted by molar-refractivity contribution is 0.128. The monoisotopic (exact) mass is 331 g/mol. The summed E-state index contributed by atoms with van der Waals surface area (Å²) in [6, 6.07) is 7.38. The minimum Gasteiger partial charge on any atom is -0.387 e. The lowest BCUT2D eigenvalue weighted by Gasteiger charge is -2.24. The molecule has 6 heteroatoms. The second kappa shape index (κ2) is 7.97. The molecule has 1 aromatic carbocycles.